The van der Waals surface area contributed by atoms with E-state index in [0.717, 1.165) is 10.5 Å². The summed E-state index contributed by atoms with van der Waals surface area (Å²) in [6, 6.07) is 18.9. The molecule has 2 heterocycles. The van der Waals surface area contributed by atoms with Crippen LogP contribution in [0.5, 0.6) is 0 Å². The molecule has 4 rings (SSSR count). The van der Waals surface area contributed by atoms with E-state index in [0.29, 0.717) is 11.4 Å². The minimum Gasteiger partial charge on any atom is -0.321 e. The molecule has 30 heavy (non-hydrogen) atoms. The van der Waals surface area contributed by atoms with Crippen molar-refractivity contribution < 1.29 is 14.4 Å². The lowest BCUT2D eigenvalue weighted by Crippen LogP contribution is -2.30. The van der Waals surface area contributed by atoms with Crippen LogP contribution in [0.4, 0.5) is 11.4 Å². The Kier molecular flexibility index (Phi) is 6.50. The van der Waals surface area contributed by atoms with Gasteiger partial charge in [0.1, 0.15) is 5.69 Å². The number of hydrogen-bond donors (Lipinski definition) is 1. The third kappa shape index (κ3) is 4.20. The van der Waals surface area contributed by atoms with Crippen LogP contribution in [-0.2, 0) is 9.59 Å². The first-order chi connectivity index (χ1) is 14.0. The van der Waals surface area contributed by atoms with E-state index in [9.17, 15) is 14.4 Å². The summed E-state index contributed by atoms with van der Waals surface area (Å²) in [7, 11) is 0. The highest BCUT2D eigenvalue weighted by Crippen LogP contribution is 2.37. The van der Waals surface area contributed by atoms with Crippen LogP contribution in [0, 0.1) is 0 Å². The van der Waals surface area contributed by atoms with E-state index < -0.39 is 5.92 Å². The standard InChI is InChI=1S/C22H16ClN3O3.ClH/c23-17-12-15(25-21(28)18-8-4-5-11-24-18)9-10-19(17)26-20(27)13-16(22(26)29)14-6-2-1-3-7-14;/h1-12,16H,13H2,(H,25,28);1H. The third-order valence-electron chi connectivity index (χ3n) is 4.69. The maximum absolute atomic E-state index is 12.9. The number of benzene rings is 2. The van der Waals surface area contributed by atoms with E-state index in [2.05, 4.69) is 10.3 Å². The van der Waals surface area contributed by atoms with Gasteiger partial charge in [0.2, 0.25) is 11.8 Å². The molecule has 1 aliphatic rings. The zero-order chi connectivity index (χ0) is 20.4. The van der Waals surface area contributed by atoms with Crippen LogP contribution in [0.3, 0.4) is 0 Å². The van der Waals surface area contributed by atoms with Gasteiger partial charge in [-0.05, 0) is 35.9 Å². The van der Waals surface area contributed by atoms with Crippen molar-refractivity contribution in [2.45, 2.75) is 12.3 Å². The topological polar surface area (TPSA) is 79.4 Å². The molecule has 1 fully saturated rings. The van der Waals surface area contributed by atoms with Crippen LogP contribution < -0.4 is 10.2 Å². The minimum absolute atomic E-state index is 0. The molecule has 2 aromatic carbocycles. The molecule has 3 aromatic rings. The van der Waals surface area contributed by atoms with Crippen molar-refractivity contribution in [2.75, 3.05) is 10.2 Å². The molecule has 1 atom stereocenters. The number of amides is 3. The lowest BCUT2D eigenvalue weighted by molar-refractivity contribution is -0.121. The van der Waals surface area contributed by atoms with E-state index >= 15 is 0 Å². The molecule has 6 nitrogen and oxygen atoms in total. The number of hydrogen-bond acceptors (Lipinski definition) is 4. The lowest BCUT2D eigenvalue weighted by Gasteiger charge is -2.17. The van der Waals surface area contributed by atoms with Gasteiger partial charge in [0.05, 0.1) is 16.6 Å². The fraction of sp³-hybridized carbons (Fsp3) is 0.0909. The molecule has 1 aromatic heterocycles. The van der Waals surface area contributed by atoms with E-state index in [1.807, 2.05) is 30.3 Å². The Labute approximate surface area is 184 Å². The van der Waals surface area contributed by atoms with Gasteiger partial charge in [-0.2, -0.15) is 0 Å². The predicted octanol–water partition coefficient (Wildman–Crippen LogP) is 4.46. The Morgan fingerprint density at radius 1 is 1.03 bits per heavy atom. The number of carbonyl (C=O) groups is 3. The number of nitrogens with zero attached hydrogens (tertiary/aromatic N) is 2. The molecule has 152 valence electrons. The summed E-state index contributed by atoms with van der Waals surface area (Å²) < 4.78 is 0. The van der Waals surface area contributed by atoms with Gasteiger partial charge in [0, 0.05) is 18.3 Å². The second-order valence-electron chi connectivity index (χ2n) is 6.57. The highest BCUT2D eigenvalue weighted by Gasteiger charge is 2.41. The Hall–Kier alpha value is -3.22. The number of halogens is 2. The van der Waals surface area contributed by atoms with Gasteiger partial charge in [-0.3, -0.25) is 19.4 Å². The number of anilines is 2. The van der Waals surface area contributed by atoms with E-state index in [4.69, 9.17) is 11.6 Å². The van der Waals surface area contributed by atoms with Gasteiger partial charge in [-0.1, -0.05) is 48.0 Å². The van der Waals surface area contributed by atoms with Crippen molar-refractivity contribution in [2.24, 2.45) is 0 Å². The predicted molar refractivity (Wildman–Crippen MR) is 117 cm³/mol. The van der Waals surface area contributed by atoms with Gasteiger partial charge in [-0.25, -0.2) is 4.90 Å². The van der Waals surface area contributed by atoms with Gasteiger partial charge in [0.15, 0.2) is 0 Å². The monoisotopic (exact) mass is 441 g/mol. The van der Waals surface area contributed by atoms with Crippen molar-refractivity contribution in [3.63, 3.8) is 0 Å². The Morgan fingerprint density at radius 2 is 1.77 bits per heavy atom. The van der Waals surface area contributed by atoms with E-state index in [-0.39, 0.29) is 47.3 Å². The summed E-state index contributed by atoms with van der Waals surface area (Å²) in [5, 5.41) is 2.89. The fourth-order valence-corrected chi connectivity index (χ4v) is 3.55. The second kappa shape index (κ2) is 9.07. The minimum atomic E-state index is -0.525. The summed E-state index contributed by atoms with van der Waals surface area (Å²) in [6.07, 6.45) is 1.62. The van der Waals surface area contributed by atoms with Gasteiger partial charge in [0.25, 0.3) is 5.91 Å². The quantitative estimate of drug-likeness (QED) is 0.606. The molecule has 0 aliphatic carbocycles. The average molecular weight is 442 g/mol. The van der Waals surface area contributed by atoms with Crippen molar-refractivity contribution in [1.29, 1.82) is 0 Å². The van der Waals surface area contributed by atoms with E-state index in [1.54, 1.807) is 30.3 Å². The van der Waals surface area contributed by atoms with Crippen molar-refractivity contribution in [3.05, 3.63) is 89.2 Å². The second-order valence-corrected chi connectivity index (χ2v) is 6.98. The highest BCUT2D eigenvalue weighted by atomic mass is 35.5. The Balaban J connectivity index is 0.00000256. The Morgan fingerprint density at radius 3 is 2.43 bits per heavy atom. The summed E-state index contributed by atoms with van der Waals surface area (Å²) >= 11 is 6.35. The number of pyridine rings is 1. The number of rotatable bonds is 4. The first-order valence-corrected chi connectivity index (χ1v) is 9.36. The average Bonchev–Trinajstić information content (AvgIpc) is 3.04. The molecule has 0 saturated carbocycles. The number of nitrogens with one attached hydrogen (secondary N) is 1. The van der Waals surface area contributed by atoms with Gasteiger partial charge >= 0.3 is 0 Å². The molecule has 1 saturated heterocycles. The molecular weight excluding hydrogens is 425 g/mol. The normalized spacial score (nSPS) is 15.6. The van der Waals surface area contributed by atoms with Crippen LogP contribution in [0.15, 0.2) is 72.9 Å². The molecule has 3 amide bonds. The smallest absolute Gasteiger partial charge is 0.274 e. The SMILES string of the molecule is Cl.O=C(Nc1ccc(N2C(=O)CC(c3ccccc3)C2=O)c(Cl)c1)c1ccccn1. The highest BCUT2D eigenvalue weighted by molar-refractivity contribution is 6.36. The number of imide groups is 1. The molecule has 1 N–H and O–H groups in total. The third-order valence-corrected chi connectivity index (χ3v) is 5.00. The van der Waals surface area contributed by atoms with Gasteiger partial charge in [-0.15, -0.1) is 12.4 Å². The molecular formula is C22H17Cl2N3O3. The molecule has 0 radical (unpaired) electrons. The molecule has 1 aliphatic heterocycles. The van der Waals surface area contributed by atoms with Crippen LogP contribution in [-0.4, -0.2) is 22.7 Å². The summed E-state index contributed by atoms with van der Waals surface area (Å²) in [5.74, 6) is -1.53. The fourth-order valence-electron chi connectivity index (χ4n) is 3.29. The zero-order valence-corrected chi connectivity index (χ0v) is 17.2. The van der Waals surface area contributed by atoms with Crippen molar-refractivity contribution in [3.8, 4) is 0 Å². The lowest BCUT2D eigenvalue weighted by atomic mass is 9.98. The number of carbonyl (C=O) groups excluding carboxylic acids is 3. The van der Waals surface area contributed by atoms with Crippen molar-refractivity contribution >= 4 is 53.1 Å². The summed E-state index contributed by atoms with van der Waals surface area (Å²) in [5.41, 5.74) is 1.80. The van der Waals surface area contributed by atoms with Crippen LogP contribution in [0.2, 0.25) is 5.02 Å². The first-order valence-electron chi connectivity index (χ1n) is 8.98. The Bertz CT molecular complexity index is 1090. The van der Waals surface area contributed by atoms with E-state index in [1.165, 1.54) is 12.3 Å². The van der Waals surface area contributed by atoms with Crippen LogP contribution >= 0.6 is 24.0 Å². The van der Waals surface area contributed by atoms with Crippen LogP contribution in [0.25, 0.3) is 0 Å². The first kappa shape index (κ1) is 21.5. The van der Waals surface area contributed by atoms with Crippen LogP contribution in [0.1, 0.15) is 28.4 Å². The summed E-state index contributed by atoms with van der Waals surface area (Å²) in [6.45, 7) is 0. The molecule has 1 unspecified atom stereocenters. The van der Waals surface area contributed by atoms with Gasteiger partial charge < -0.3 is 5.32 Å². The molecule has 0 bridgehead atoms. The maximum Gasteiger partial charge on any atom is 0.274 e. The zero-order valence-electron chi connectivity index (χ0n) is 15.6. The molecule has 0 spiro atoms. The largest absolute Gasteiger partial charge is 0.321 e. The molecule has 8 heteroatoms. The summed E-state index contributed by atoms with van der Waals surface area (Å²) in [4.78, 5) is 42.8. The maximum atomic E-state index is 12.9. The number of aromatic nitrogens is 1. The van der Waals surface area contributed by atoms with Crippen molar-refractivity contribution in [1.82, 2.24) is 4.98 Å².